The summed E-state index contributed by atoms with van der Waals surface area (Å²) in [6, 6.07) is 0. The molecule has 0 spiro atoms. The molecule has 0 fully saturated rings. The quantitative estimate of drug-likeness (QED) is 0.711. The van der Waals surface area contributed by atoms with E-state index in [1.807, 2.05) is 7.05 Å². The Morgan fingerprint density at radius 1 is 1.50 bits per heavy atom. The van der Waals surface area contributed by atoms with Crippen LogP contribution in [0.15, 0.2) is 0 Å². The summed E-state index contributed by atoms with van der Waals surface area (Å²) in [6.45, 7) is 5.13. The second-order valence-corrected chi connectivity index (χ2v) is 3.05. The number of hydrogen-bond acceptors (Lipinski definition) is 2. The average Bonchev–Trinajstić information content (AvgIpc) is 2.37. The van der Waals surface area contributed by atoms with E-state index < -0.39 is 0 Å². The third kappa shape index (κ3) is 1.85. The van der Waals surface area contributed by atoms with Crippen LogP contribution >= 0.6 is 0 Å². The third-order valence-corrected chi connectivity index (χ3v) is 2.00. The van der Waals surface area contributed by atoms with Crippen molar-refractivity contribution >= 4 is 0 Å². The number of nitrogens with zero attached hydrogens (tertiary/aromatic N) is 1. The van der Waals surface area contributed by atoms with E-state index >= 15 is 0 Å². The Hall–Kier alpha value is -0.830. The van der Waals surface area contributed by atoms with E-state index in [-0.39, 0.29) is 0 Å². The minimum atomic E-state index is 0.861. The molecule has 0 bridgehead atoms. The molecule has 3 heteroatoms. The molecule has 68 valence electrons. The van der Waals surface area contributed by atoms with Gasteiger partial charge in [0, 0.05) is 12.2 Å². The zero-order valence-corrected chi connectivity index (χ0v) is 8.07. The number of aromatic nitrogens is 2. The summed E-state index contributed by atoms with van der Waals surface area (Å²) in [5, 5.41) is 10.4. The molecule has 1 rings (SSSR count). The molecule has 1 aromatic rings. The highest BCUT2D eigenvalue weighted by Gasteiger charge is 2.07. The molecule has 0 aromatic carbocycles. The van der Waals surface area contributed by atoms with Crippen LogP contribution in [0.2, 0.25) is 0 Å². The first-order valence-corrected chi connectivity index (χ1v) is 4.46. The van der Waals surface area contributed by atoms with Crippen LogP contribution in [0.1, 0.15) is 30.3 Å². The Labute approximate surface area is 73.6 Å². The second kappa shape index (κ2) is 4.26. The van der Waals surface area contributed by atoms with Gasteiger partial charge in [0.1, 0.15) is 0 Å². The van der Waals surface area contributed by atoms with E-state index in [4.69, 9.17) is 0 Å². The first-order chi connectivity index (χ1) is 5.79. The van der Waals surface area contributed by atoms with Crippen LogP contribution < -0.4 is 5.32 Å². The van der Waals surface area contributed by atoms with Gasteiger partial charge in [-0.2, -0.15) is 5.10 Å². The zero-order chi connectivity index (χ0) is 8.97. The average molecular weight is 167 g/mol. The predicted octanol–water partition coefficient (Wildman–Crippen LogP) is 1.39. The molecule has 2 N–H and O–H groups in total. The lowest BCUT2D eigenvalue weighted by Crippen LogP contribution is -2.07. The van der Waals surface area contributed by atoms with Gasteiger partial charge in [0.2, 0.25) is 0 Å². The molecule has 1 aromatic heterocycles. The van der Waals surface area contributed by atoms with Gasteiger partial charge in [0.15, 0.2) is 0 Å². The Morgan fingerprint density at radius 3 is 2.83 bits per heavy atom. The molecule has 3 nitrogen and oxygen atoms in total. The standard InChI is InChI=1S/C9H17N3/c1-4-5-8-7(2)11-12-9(8)6-10-3/h10H,4-6H2,1-3H3,(H,11,12). The summed E-state index contributed by atoms with van der Waals surface area (Å²) < 4.78 is 0. The summed E-state index contributed by atoms with van der Waals surface area (Å²) >= 11 is 0. The molecule has 0 amide bonds. The van der Waals surface area contributed by atoms with Gasteiger partial charge in [-0.15, -0.1) is 0 Å². The minimum Gasteiger partial charge on any atom is -0.314 e. The topological polar surface area (TPSA) is 40.7 Å². The van der Waals surface area contributed by atoms with Crippen LogP contribution in [0.3, 0.4) is 0 Å². The Bertz CT molecular complexity index is 240. The van der Waals surface area contributed by atoms with Crippen molar-refractivity contribution < 1.29 is 0 Å². The maximum absolute atomic E-state index is 4.24. The van der Waals surface area contributed by atoms with Crippen molar-refractivity contribution in [3.63, 3.8) is 0 Å². The van der Waals surface area contributed by atoms with E-state index in [1.165, 1.54) is 17.7 Å². The summed E-state index contributed by atoms with van der Waals surface area (Å²) in [5.41, 5.74) is 3.76. The van der Waals surface area contributed by atoms with Crippen molar-refractivity contribution in [3.8, 4) is 0 Å². The summed E-state index contributed by atoms with van der Waals surface area (Å²) in [7, 11) is 1.94. The number of aryl methyl sites for hydroxylation is 1. The molecule has 0 saturated heterocycles. The normalized spacial score (nSPS) is 10.6. The van der Waals surface area contributed by atoms with Crippen LogP contribution in [-0.4, -0.2) is 17.2 Å². The van der Waals surface area contributed by atoms with Gasteiger partial charge in [-0.1, -0.05) is 13.3 Å². The monoisotopic (exact) mass is 167 g/mol. The van der Waals surface area contributed by atoms with Crippen molar-refractivity contribution in [2.75, 3.05) is 7.05 Å². The lowest BCUT2D eigenvalue weighted by atomic mass is 10.1. The van der Waals surface area contributed by atoms with Gasteiger partial charge < -0.3 is 5.32 Å². The fourth-order valence-electron chi connectivity index (χ4n) is 1.40. The van der Waals surface area contributed by atoms with Crippen LogP contribution in [0.25, 0.3) is 0 Å². The van der Waals surface area contributed by atoms with Gasteiger partial charge in [-0.05, 0) is 26.0 Å². The Morgan fingerprint density at radius 2 is 2.25 bits per heavy atom. The second-order valence-electron chi connectivity index (χ2n) is 3.05. The largest absolute Gasteiger partial charge is 0.314 e. The molecule has 0 saturated carbocycles. The van der Waals surface area contributed by atoms with Gasteiger partial charge in [-0.3, -0.25) is 5.10 Å². The molecule has 12 heavy (non-hydrogen) atoms. The van der Waals surface area contributed by atoms with E-state index in [0.717, 1.165) is 18.7 Å². The molecule has 0 aliphatic carbocycles. The molecule has 0 aliphatic rings. The first kappa shape index (κ1) is 9.26. The number of nitrogens with one attached hydrogen (secondary N) is 2. The number of hydrogen-bond donors (Lipinski definition) is 2. The smallest absolute Gasteiger partial charge is 0.0794 e. The highest BCUT2D eigenvalue weighted by Crippen LogP contribution is 2.12. The third-order valence-electron chi connectivity index (χ3n) is 2.00. The van der Waals surface area contributed by atoms with Crippen molar-refractivity contribution in [1.82, 2.24) is 15.5 Å². The molecular weight excluding hydrogens is 150 g/mol. The first-order valence-electron chi connectivity index (χ1n) is 4.46. The van der Waals surface area contributed by atoms with E-state index in [2.05, 4.69) is 29.4 Å². The van der Waals surface area contributed by atoms with Crippen LogP contribution in [0.5, 0.6) is 0 Å². The lowest BCUT2D eigenvalue weighted by Gasteiger charge is -2.00. The minimum absolute atomic E-state index is 0.861. The molecule has 0 aliphatic heterocycles. The van der Waals surface area contributed by atoms with Gasteiger partial charge in [0.25, 0.3) is 0 Å². The number of aromatic amines is 1. The maximum Gasteiger partial charge on any atom is 0.0794 e. The van der Waals surface area contributed by atoms with Crippen molar-refractivity contribution in [2.24, 2.45) is 0 Å². The van der Waals surface area contributed by atoms with Gasteiger partial charge in [-0.25, -0.2) is 0 Å². The number of rotatable bonds is 4. The fourth-order valence-corrected chi connectivity index (χ4v) is 1.40. The SMILES string of the molecule is CCCc1c(CNC)n[nH]c1C. The number of H-pyrrole nitrogens is 1. The van der Waals surface area contributed by atoms with E-state index in [0.29, 0.717) is 0 Å². The van der Waals surface area contributed by atoms with Crippen molar-refractivity contribution in [2.45, 2.75) is 33.2 Å². The van der Waals surface area contributed by atoms with Crippen LogP contribution in [0.4, 0.5) is 0 Å². The molecule has 0 unspecified atom stereocenters. The van der Waals surface area contributed by atoms with E-state index in [1.54, 1.807) is 0 Å². The van der Waals surface area contributed by atoms with Crippen molar-refractivity contribution in [1.29, 1.82) is 0 Å². The molecule has 1 heterocycles. The van der Waals surface area contributed by atoms with Crippen LogP contribution in [-0.2, 0) is 13.0 Å². The Balaban J connectivity index is 2.80. The molecule has 0 atom stereocenters. The summed E-state index contributed by atoms with van der Waals surface area (Å²) in [4.78, 5) is 0. The maximum atomic E-state index is 4.24. The van der Waals surface area contributed by atoms with Crippen LogP contribution in [0, 0.1) is 6.92 Å². The highest BCUT2D eigenvalue weighted by atomic mass is 15.1. The summed E-state index contributed by atoms with van der Waals surface area (Å²) in [5.74, 6) is 0. The molecular formula is C9H17N3. The lowest BCUT2D eigenvalue weighted by molar-refractivity contribution is 0.768. The highest BCUT2D eigenvalue weighted by molar-refractivity contribution is 5.24. The molecule has 0 radical (unpaired) electrons. The zero-order valence-electron chi connectivity index (χ0n) is 8.07. The van der Waals surface area contributed by atoms with Crippen molar-refractivity contribution in [3.05, 3.63) is 17.0 Å². The summed E-state index contributed by atoms with van der Waals surface area (Å²) in [6.07, 6.45) is 2.30. The van der Waals surface area contributed by atoms with E-state index in [9.17, 15) is 0 Å². The Kier molecular flexibility index (Phi) is 3.29. The fraction of sp³-hybridized carbons (Fsp3) is 0.667. The predicted molar refractivity (Wildman–Crippen MR) is 50.1 cm³/mol. The van der Waals surface area contributed by atoms with Gasteiger partial charge in [0.05, 0.1) is 5.69 Å². The van der Waals surface area contributed by atoms with Gasteiger partial charge >= 0.3 is 0 Å².